The van der Waals surface area contributed by atoms with Gasteiger partial charge < -0.3 is 19.8 Å². The number of nitrogens with one attached hydrogen (secondary N) is 2. The van der Waals surface area contributed by atoms with Crippen LogP contribution in [0.15, 0.2) is 69.8 Å². The molecule has 2 heterocycles. The first-order chi connectivity index (χ1) is 18.1. The number of fused-ring (bicyclic) bond motifs is 1. The molecular formula is C30H33N3O4S. The van der Waals surface area contributed by atoms with Crippen molar-refractivity contribution in [1.82, 2.24) is 9.97 Å². The van der Waals surface area contributed by atoms with Crippen LogP contribution in [0.25, 0.3) is 0 Å². The quantitative estimate of drug-likeness (QED) is 0.283. The number of anilines is 1. The molecule has 5 rings (SSSR count). The van der Waals surface area contributed by atoms with Crippen molar-refractivity contribution in [2.45, 2.75) is 63.5 Å². The van der Waals surface area contributed by atoms with E-state index >= 15 is 0 Å². The first kappa shape index (κ1) is 26.1. The number of Topliss-reactive ketones (excluding diaryl/α,β-unsaturated/α-hetero) is 1. The zero-order valence-electron chi connectivity index (χ0n) is 22.4. The smallest absolute Gasteiger partial charge is 0.257 e. The van der Waals surface area contributed by atoms with E-state index in [0.29, 0.717) is 53.1 Å². The molecule has 2 aromatic carbocycles. The van der Waals surface area contributed by atoms with Gasteiger partial charge in [0.25, 0.3) is 5.56 Å². The van der Waals surface area contributed by atoms with Crippen molar-refractivity contribution in [3.05, 3.63) is 86.8 Å². The van der Waals surface area contributed by atoms with Crippen LogP contribution in [0.1, 0.15) is 63.1 Å². The maximum atomic E-state index is 13.6. The number of thioether (sulfide) groups is 1. The molecule has 198 valence electrons. The van der Waals surface area contributed by atoms with Gasteiger partial charge in [0.2, 0.25) is 0 Å². The van der Waals surface area contributed by atoms with Gasteiger partial charge in [0, 0.05) is 28.9 Å². The van der Waals surface area contributed by atoms with Crippen LogP contribution in [-0.2, 0) is 11.4 Å². The van der Waals surface area contributed by atoms with Crippen LogP contribution in [0.2, 0.25) is 0 Å². The highest BCUT2D eigenvalue weighted by molar-refractivity contribution is 7.99. The Kier molecular flexibility index (Phi) is 7.09. The van der Waals surface area contributed by atoms with E-state index in [2.05, 4.69) is 38.0 Å². The lowest BCUT2D eigenvalue weighted by molar-refractivity contribution is -0.118. The normalized spacial score (nSPS) is 18.1. The monoisotopic (exact) mass is 531 g/mol. The van der Waals surface area contributed by atoms with Gasteiger partial charge in [0.05, 0.1) is 12.7 Å². The molecule has 0 fully saturated rings. The summed E-state index contributed by atoms with van der Waals surface area (Å²) in [5.74, 6) is 1.13. The predicted octanol–water partition coefficient (Wildman–Crippen LogP) is 6.06. The Bertz CT molecular complexity index is 1460. The molecule has 8 heteroatoms. The van der Waals surface area contributed by atoms with Crippen LogP contribution < -0.4 is 20.3 Å². The van der Waals surface area contributed by atoms with Gasteiger partial charge in [-0.25, -0.2) is 4.98 Å². The number of ketones is 1. The number of allylic oxidation sites excluding steroid dienone is 2. The van der Waals surface area contributed by atoms with Crippen LogP contribution in [0.4, 0.5) is 5.82 Å². The fourth-order valence-corrected chi connectivity index (χ4v) is 5.97. The maximum Gasteiger partial charge on any atom is 0.257 e. The van der Waals surface area contributed by atoms with Crippen molar-refractivity contribution in [2.24, 2.45) is 5.41 Å². The number of hydrogen-bond donors (Lipinski definition) is 2. The summed E-state index contributed by atoms with van der Waals surface area (Å²) < 4.78 is 11.8. The number of benzene rings is 2. The molecule has 7 nitrogen and oxygen atoms in total. The summed E-state index contributed by atoms with van der Waals surface area (Å²) in [6.45, 7) is 8.69. The number of aromatic nitrogens is 2. The summed E-state index contributed by atoms with van der Waals surface area (Å²) in [7, 11) is 1.59. The van der Waals surface area contributed by atoms with Gasteiger partial charge in [0.1, 0.15) is 12.4 Å². The Morgan fingerprint density at radius 1 is 1.08 bits per heavy atom. The highest BCUT2D eigenvalue weighted by Crippen LogP contribution is 2.48. The number of aromatic amines is 1. The highest BCUT2D eigenvalue weighted by Gasteiger charge is 2.42. The number of carbonyl (C=O) groups excluding carboxylic acids is 1. The van der Waals surface area contributed by atoms with Crippen LogP contribution in [-0.4, -0.2) is 28.1 Å². The molecular weight excluding hydrogens is 498 g/mol. The van der Waals surface area contributed by atoms with E-state index in [1.807, 2.05) is 48.5 Å². The summed E-state index contributed by atoms with van der Waals surface area (Å²) in [5, 5.41) is 4.19. The van der Waals surface area contributed by atoms with Gasteiger partial charge in [-0.1, -0.05) is 75.9 Å². The molecule has 2 aliphatic rings. The van der Waals surface area contributed by atoms with Crippen molar-refractivity contribution >= 4 is 23.4 Å². The highest BCUT2D eigenvalue weighted by atomic mass is 32.2. The lowest BCUT2D eigenvalue weighted by Gasteiger charge is -2.38. The number of hydrogen-bond acceptors (Lipinski definition) is 7. The third-order valence-corrected chi connectivity index (χ3v) is 7.69. The third-order valence-electron chi connectivity index (χ3n) is 6.81. The zero-order chi connectivity index (χ0) is 27.0. The second-order valence-electron chi connectivity index (χ2n) is 10.9. The number of methoxy groups -OCH3 is 1. The van der Waals surface area contributed by atoms with Crippen molar-refractivity contribution < 1.29 is 14.3 Å². The van der Waals surface area contributed by atoms with Gasteiger partial charge in [-0.2, -0.15) is 0 Å². The number of carbonyl (C=O) groups is 1. The minimum Gasteiger partial charge on any atom is -0.493 e. The molecule has 0 radical (unpaired) electrons. The van der Waals surface area contributed by atoms with E-state index in [1.54, 1.807) is 7.11 Å². The van der Waals surface area contributed by atoms with Gasteiger partial charge >= 0.3 is 0 Å². The molecule has 1 aromatic heterocycles. The molecule has 1 unspecified atom stereocenters. The van der Waals surface area contributed by atoms with Crippen LogP contribution in [0, 0.1) is 5.41 Å². The average molecular weight is 532 g/mol. The van der Waals surface area contributed by atoms with Crippen LogP contribution >= 0.6 is 11.8 Å². The number of ether oxygens (including phenoxy) is 2. The van der Waals surface area contributed by atoms with Crippen molar-refractivity contribution in [3.63, 3.8) is 0 Å². The second kappa shape index (κ2) is 10.3. The maximum absolute atomic E-state index is 13.6. The van der Waals surface area contributed by atoms with E-state index in [-0.39, 0.29) is 22.0 Å². The molecule has 0 saturated carbocycles. The Morgan fingerprint density at radius 2 is 1.84 bits per heavy atom. The van der Waals surface area contributed by atoms with E-state index in [1.165, 1.54) is 11.8 Å². The Balaban J connectivity index is 1.59. The van der Waals surface area contributed by atoms with E-state index in [9.17, 15) is 9.59 Å². The fraction of sp³-hybridized carbons (Fsp3) is 0.367. The minimum absolute atomic E-state index is 0.0443. The second-order valence-corrected chi connectivity index (χ2v) is 12.4. The predicted molar refractivity (Wildman–Crippen MR) is 150 cm³/mol. The lowest BCUT2D eigenvalue weighted by atomic mass is 9.69. The summed E-state index contributed by atoms with van der Waals surface area (Å²) in [4.78, 5) is 34.8. The summed E-state index contributed by atoms with van der Waals surface area (Å²) in [5.41, 5.74) is 3.32. The van der Waals surface area contributed by atoms with E-state index < -0.39 is 5.92 Å². The first-order valence-electron chi connectivity index (χ1n) is 12.8. The first-order valence-corrected chi connectivity index (χ1v) is 13.7. The van der Waals surface area contributed by atoms with Gasteiger partial charge in [0.15, 0.2) is 22.4 Å². The molecule has 1 atom stereocenters. The van der Waals surface area contributed by atoms with Gasteiger partial charge in [-0.05, 0) is 35.1 Å². The summed E-state index contributed by atoms with van der Waals surface area (Å²) in [6.07, 6.45) is 1.11. The lowest BCUT2D eigenvalue weighted by Crippen LogP contribution is -2.37. The molecule has 2 N–H and O–H groups in total. The molecule has 1 aliphatic carbocycles. The Hall–Kier alpha value is -3.52. The SMILES string of the molecule is COc1cc(C2C3=C(CC(C)(C)CC3=O)Nc3nc(SC(C)C)[nH]c(=O)c32)ccc1OCc1ccccc1. The molecule has 0 bridgehead atoms. The molecule has 1 aliphatic heterocycles. The van der Waals surface area contributed by atoms with Crippen LogP contribution in [0.5, 0.6) is 11.5 Å². The van der Waals surface area contributed by atoms with Crippen molar-refractivity contribution in [2.75, 3.05) is 12.4 Å². The topological polar surface area (TPSA) is 93.3 Å². The summed E-state index contributed by atoms with van der Waals surface area (Å²) in [6, 6.07) is 15.5. The van der Waals surface area contributed by atoms with E-state index in [0.717, 1.165) is 16.8 Å². The number of H-pyrrole nitrogens is 1. The molecule has 38 heavy (non-hydrogen) atoms. The fourth-order valence-electron chi connectivity index (χ4n) is 5.22. The largest absolute Gasteiger partial charge is 0.493 e. The summed E-state index contributed by atoms with van der Waals surface area (Å²) >= 11 is 1.50. The number of rotatable bonds is 7. The van der Waals surface area contributed by atoms with E-state index in [4.69, 9.17) is 14.5 Å². The molecule has 0 saturated heterocycles. The molecule has 3 aromatic rings. The number of nitrogens with zero attached hydrogens (tertiary/aromatic N) is 1. The van der Waals surface area contributed by atoms with Crippen molar-refractivity contribution in [1.29, 1.82) is 0 Å². The zero-order valence-corrected chi connectivity index (χ0v) is 23.2. The van der Waals surface area contributed by atoms with Crippen LogP contribution in [0.3, 0.4) is 0 Å². The molecule has 0 spiro atoms. The Morgan fingerprint density at radius 3 is 2.55 bits per heavy atom. The standard InChI is InChI=1S/C30H33N3O4S/c1-17(2)38-29-32-27-26(28(35)33-29)24(25-20(31-27)14-30(3,4)15-21(25)34)19-11-12-22(23(13-19)36-5)37-16-18-9-7-6-8-10-18/h6-13,17,24H,14-16H2,1-5H3,(H2,31,32,33,35). The minimum atomic E-state index is -0.559. The van der Waals surface area contributed by atoms with Gasteiger partial charge in [-0.3, -0.25) is 9.59 Å². The van der Waals surface area contributed by atoms with Gasteiger partial charge in [-0.15, -0.1) is 0 Å². The Labute approximate surface area is 227 Å². The molecule has 0 amide bonds. The van der Waals surface area contributed by atoms with Crippen molar-refractivity contribution in [3.8, 4) is 11.5 Å². The third kappa shape index (κ3) is 5.23. The average Bonchev–Trinajstić information content (AvgIpc) is 2.85.